The first kappa shape index (κ1) is 19.1. The summed E-state index contributed by atoms with van der Waals surface area (Å²) in [6, 6.07) is 12.5. The van der Waals surface area contributed by atoms with Crippen LogP contribution in [0.25, 0.3) is 21.8 Å². The monoisotopic (exact) mass is 435 g/mol. The standard InChI is InChI=1S/C23H18FN3OS2/c1-14-25-20(13-29-14)16-4-7-21-17(10-16)8-9-27(21)22(28)11-19-12-30-23(26-19)15-2-5-18(24)6-3-15/h2-7,10,12-13H,8-9,11H2,1H3. The molecular formula is C23H18FN3OS2. The minimum Gasteiger partial charge on any atom is -0.311 e. The van der Waals surface area contributed by atoms with E-state index in [1.807, 2.05) is 29.3 Å². The van der Waals surface area contributed by atoms with Gasteiger partial charge in [-0.25, -0.2) is 14.4 Å². The van der Waals surface area contributed by atoms with Crippen molar-refractivity contribution in [2.45, 2.75) is 19.8 Å². The largest absolute Gasteiger partial charge is 0.311 e. The molecule has 30 heavy (non-hydrogen) atoms. The Labute approximate surface area is 181 Å². The van der Waals surface area contributed by atoms with E-state index in [1.165, 1.54) is 29.0 Å². The molecule has 0 aliphatic carbocycles. The van der Waals surface area contributed by atoms with Crippen LogP contribution in [-0.2, 0) is 17.6 Å². The lowest BCUT2D eigenvalue weighted by Crippen LogP contribution is -2.30. The summed E-state index contributed by atoms with van der Waals surface area (Å²) in [6.07, 6.45) is 1.10. The number of aromatic nitrogens is 2. The molecule has 5 rings (SSSR count). The summed E-state index contributed by atoms with van der Waals surface area (Å²) in [6.45, 7) is 2.69. The molecule has 0 atom stereocenters. The fraction of sp³-hybridized carbons (Fsp3) is 0.174. The summed E-state index contributed by atoms with van der Waals surface area (Å²) in [5.41, 5.74) is 5.84. The number of hydrogen-bond donors (Lipinski definition) is 0. The Morgan fingerprint density at radius 2 is 1.87 bits per heavy atom. The van der Waals surface area contributed by atoms with E-state index in [-0.39, 0.29) is 18.1 Å². The number of anilines is 1. The second-order valence-electron chi connectivity index (χ2n) is 7.22. The molecule has 0 saturated carbocycles. The number of fused-ring (bicyclic) bond motifs is 1. The third-order valence-electron chi connectivity index (χ3n) is 5.17. The Hall–Kier alpha value is -2.90. The van der Waals surface area contributed by atoms with Gasteiger partial charge in [0.05, 0.1) is 22.8 Å². The van der Waals surface area contributed by atoms with Crippen molar-refractivity contribution in [2.24, 2.45) is 0 Å². The third-order valence-corrected chi connectivity index (χ3v) is 6.88. The Bertz CT molecular complexity index is 1230. The molecule has 1 aliphatic heterocycles. The molecule has 0 fully saturated rings. The van der Waals surface area contributed by atoms with E-state index < -0.39 is 0 Å². The molecule has 0 spiro atoms. The number of benzene rings is 2. The maximum Gasteiger partial charge on any atom is 0.233 e. The molecule has 4 nitrogen and oxygen atoms in total. The summed E-state index contributed by atoms with van der Waals surface area (Å²) < 4.78 is 13.1. The fourth-order valence-corrected chi connectivity index (χ4v) is 5.13. The molecule has 0 unspecified atom stereocenters. The van der Waals surface area contributed by atoms with Crippen LogP contribution >= 0.6 is 22.7 Å². The van der Waals surface area contributed by atoms with Crippen LogP contribution in [0.3, 0.4) is 0 Å². The molecule has 3 heterocycles. The van der Waals surface area contributed by atoms with Gasteiger partial charge in [-0.15, -0.1) is 22.7 Å². The zero-order chi connectivity index (χ0) is 20.7. The second-order valence-corrected chi connectivity index (χ2v) is 9.14. The van der Waals surface area contributed by atoms with Gasteiger partial charge in [-0.3, -0.25) is 4.79 Å². The number of rotatable bonds is 4. The Kier molecular flexibility index (Phi) is 4.92. The van der Waals surface area contributed by atoms with E-state index in [1.54, 1.807) is 23.5 Å². The Morgan fingerprint density at radius 3 is 2.63 bits per heavy atom. The molecule has 7 heteroatoms. The van der Waals surface area contributed by atoms with Gasteiger partial charge in [0.15, 0.2) is 0 Å². The van der Waals surface area contributed by atoms with Crippen LogP contribution in [-0.4, -0.2) is 22.4 Å². The average molecular weight is 436 g/mol. The molecule has 4 aromatic rings. The predicted octanol–water partition coefficient (Wildman–Crippen LogP) is 5.51. The van der Waals surface area contributed by atoms with E-state index in [0.29, 0.717) is 6.54 Å². The summed E-state index contributed by atoms with van der Waals surface area (Å²) in [4.78, 5) is 23.9. The van der Waals surface area contributed by atoms with Crippen molar-refractivity contribution in [3.05, 3.63) is 75.3 Å². The van der Waals surface area contributed by atoms with Gasteiger partial charge in [-0.1, -0.05) is 6.07 Å². The maximum absolute atomic E-state index is 13.1. The van der Waals surface area contributed by atoms with E-state index in [9.17, 15) is 9.18 Å². The lowest BCUT2D eigenvalue weighted by molar-refractivity contribution is -0.117. The number of thiazole rings is 2. The van der Waals surface area contributed by atoms with E-state index in [2.05, 4.69) is 21.4 Å². The van der Waals surface area contributed by atoms with Crippen molar-refractivity contribution in [1.82, 2.24) is 9.97 Å². The van der Waals surface area contributed by atoms with Crippen molar-refractivity contribution in [1.29, 1.82) is 0 Å². The summed E-state index contributed by atoms with van der Waals surface area (Å²) >= 11 is 3.11. The highest BCUT2D eigenvalue weighted by Crippen LogP contribution is 2.33. The lowest BCUT2D eigenvalue weighted by Gasteiger charge is -2.17. The van der Waals surface area contributed by atoms with Crippen molar-refractivity contribution >= 4 is 34.3 Å². The average Bonchev–Trinajstić information content (AvgIpc) is 3.47. The zero-order valence-electron chi connectivity index (χ0n) is 16.3. The minimum atomic E-state index is -0.272. The molecule has 1 amide bonds. The number of halogens is 1. The number of carbonyl (C=O) groups excluding carboxylic acids is 1. The number of nitrogens with zero attached hydrogens (tertiary/aromatic N) is 3. The zero-order valence-corrected chi connectivity index (χ0v) is 17.9. The van der Waals surface area contributed by atoms with Crippen LogP contribution in [0.4, 0.5) is 10.1 Å². The molecule has 0 N–H and O–H groups in total. The first-order valence-electron chi connectivity index (χ1n) is 9.63. The molecule has 0 saturated heterocycles. The van der Waals surface area contributed by atoms with Crippen molar-refractivity contribution < 1.29 is 9.18 Å². The SMILES string of the molecule is Cc1nc(-c2ccc3c(c2)CCN3C(=O)Cc2csc(-c3ccc(F)cc3)n2)cs1. The number of amides is 1. The van der Waals surface area contributed by atoms with Gasteiger partial charge in [0, 0.05) is 34.1 Å². The topological polar surface area (TPSA) is 46.1 Å². The molecule has 0 bridgehead atoms. The smallest absolute Gasteiger partial charge is 0.233 e. The van der Waals surface area contributed by atoms with Crippen molar-refractivity contribution in [2.75, 3.05) is 11.4 Å². The molecule has 150 valence electrons. The van der Waals surface area contributed by atoms with Gasteiger partial charge in [0.25, 0.3) is 0 Å². The second kappa shape index (κ2) is 7.74. The van der Waals surface area contributed by atoms with Crippen molar-refractivity contribution in [3.8, 4) is 21.8 Å². The van der Waals surface area contributed by atoms with Crippen LogP contribution in [0.5, 0.6) is 0 Å². The van der Waals surface area contributed by atoms with Crippen LogP contribution < -0.4 is 4.90 Å². The minimum absolute atomic E-state index is 0.0435. The van der Waals surface area contributed by atoms with Gasteiger partial charge in [-0.05, 0) is 55.3 Å². The normalized spacial score (nSPS) is 12.9. The molecular weight excluding hydrogens is 417 g/mol. The maximum atomic E-state index is 13.1. The van der Waals surface area contributed by atoms with E-state index in [4.69, 9.17) is 0 Å². The predicted molar refractivity (Wildman–Crippen MR) is 120 cm³/mol. The summed E-state index contributed by atoms with van der Waals surface area (Å²) in [7, 11) is 0. The fourth-order valence-electron chi connectivity index (χ4n) is 3.68. The quantitative estimate of drug-likeness (QED) is 0.424. The highest BCUT2D eigenvalue weighted by molar-refractivity contribution is 7.13. The van der Waals surface area contributed by atoms with Gasteiger partial charge in [0.2, 0.25) is 5.91 Å². The van der Waals surface area contributed by atoms with Gasteiger partial charge in [0.1, 0.15) is 10.8 Å². The lowest BCUT2D eigenvalue weighted by atomic mass is 10.1. The first-order chi connectivity index (χ1) is 14.6. The highest BCUT2D eigenvalue weighted by atomic mass is 32.1. The van der Waals surface area contributed by atoms with Crippen LogP contribution in [0.1, 0.15) is 16.3 Å². The number of carbonyl (C=O) groups is 1. The van der Waals surface area contributed by atoms with Crippen LogP contribution in [0, 0.1) is 12.7 Å². The molecule has 1 aliphatic rings. The molecule has 2 aromatic heterocycles. The number of hydrogen-bond acceptors (Lipinski definition) is 5. The molecule has 2 aromatic carbocycles. The highest BCUT2D eigenvalue weighted by Gasteiger charge is 2.25. The van der Waals surface area contributed by atoms with E-state index >= 15 is 0 Å². The Morgan fingerprint density at radius 1 is 1.07 bits per heavy atom. The van der Waals surface area contributed by atoms with Gasteiger partial charge in [-0.2, -0.15) is 0 Å². The number of aryl methyl sites for hydroxylation is 1. The third kappa shape index (κ3) is 3.66. The van der Waals surface area contributed by atoms with Gasteiger partial charge < -0.3 is 4.90 Å². The first-order valence-corrected chi connectivity index (χ1v) is 11.4. The Balaban J connectivity index is 1.32. The van der Waals surface area contributed by atoms with E-state index in [0.717, 1.165) is 44.6 Å². The summed E-state index contributed by atoms with van der Waals surface area (Å²) in [5, 5.41) is 5.81. The van der Waals surface area contributed by atoms with Crippen LogP contribution in [0.2, 0.25) is 0 Å². The van der Waals surface area contributed by atoms with Crippen LogP contribution in [0.15, 0.2) is 53.2 Å². The van der Waals surface area contributed by atoms with Gasteiger partial charge >= 0.3 is 0 Å². The summed E-state index contributed by atoms with van der Waals surface area (Å²) in [5.74, 6) is -0.228. The van der Waals surface area contributed by atoms with Crippen molar-refractivity contribution in [3.63, 3.8) is 0 Å². The molecule has 0 radical (unpaired) electrons.